The number of amides is 1. The highest BCUT2D eigenvalue weighted by Crippen LogP contribution is 2.15. The molecule has 0 bridgehead atoms. The molecule has 1 amide bonds. The normalized spacial score (nSPS) is 10.8. The van der Waals surface area contributed by atoms with E-state index in [1.165, 1.54) is 6.08 Å². The fourth-order valence-electron chi connectivity index (χ4n) is 1.25. The summed E-state index contributed by atoms with van der Waals surface area (Å²) in [4.78, 5) is 11.4. The molecule has 0 spiro atoms. The van der Waals surface area contributed by atoms with Crippen LogP contribution in [0.3, 0.4) is 0 Å². The number of aliphatic hydroxyl groups excluding tert-OH is 1. The van der Waals surface area contributed by atoms with Gasteiger partial charge in [-0.3, -0.25) is 4.79 Å². The molecule has 1 aromatic carbocycles. The van der Waals surface area contributed by atoms with E-state index in [-0.39, 0.29) is 19.1 Å². The van der Waals surface area contributed by atoms with Crippen LogP contribution in [0.1, 0.15) is 5.56 Å². The first-order valence-corrected chi connectivity index (χ1v) is 6.01. The van der Waals surface area contributed by atoms with Crippen molar-refractivity contribution in [3.05, 3.63) is 40.9 Å². The summed E-state index contributed by atoms with van der Waals surface area (Å²) in [6.45, 7) is 1.06. The zero-order chi connectivity index (χ0) is 13.2. The van der Waals surface area contributed by atoms with Gasteiger partial charge < -0.3 is 15.2 Å². The lowest BCUT2D eigenvalue weighted by molar-refractivity contribution is -0.116. The van der Waals surface area contributed by atoms with Crippen LogP contribution < -0.4 is 5.32 Å². The summed E-state index contributed by atoms with van der Waals surface area (Å²) in [6, 6.07) is 7.28. The van der Waals surface area contributed by atoms with E-state index in [2.05, 4.69) is 5.32 Å². The predicted octanol–water partition coefficient (Wildman–Crippen LogP) is 1.48. The van der Waals surface area contributed by atoms with Crippen molar-refractivity contribution >= 4 is 23.6 Å². The van der Waals surface area contributed by atoms with Crippen LogP contribution in [0.5, 0.6) is 0 Å². The van der Waals surface area contributed by atoms with E-state index in [1.807, 2.05) is 18.2 Å². The lowest BCUT2D eigenvalue weighted by atomic mass is 10.2. The molecule has 4 nitrogen and oxygen atoms in total. The molecule has 0 atom stereocenters. The molecule has 0 heterocycles. The van der Waals surface area contributed by atoms with Crippen LogP contribution in [0.4, 0.5) is 0 Å². The molecule has 0 aromatic heterocycles. The number of carbonyl (C=O) groups excluding carboxylic acids is 1. The first kappa shape index (κ1) is 14.7. The van der Waals surface area contributed by atoms with E-state index in [0.29, 0.717) is 18.2 Å². The van der Waals surface area contributed by atoms with Gasteiger partial charge in [-0.1, -0.05) is 29.8 Å². The van der Waals surface area contributed by atoms with E-state index in [0.717, 1.165) is 5.56 Å². The van der Waals surface area contributed by atoms with Crippen LogP contribution in [-0.4, -0.2) is 37.4 Å². The molecule has 1 aromatic rings. The zero-order valence-electron chi connectivity index (χ0n) is 9.93. The second-order valence-corrected chi connectivity index (χ2v) is 3.89. The minimum Gasteiger partial charge on any atom is -0.394 e. The molecular weight excluding hydrogens is 254 g/mol. The van der Waals surface area contributed by atoms with Crippen LogP contribution in [0.25, 0.3) is 6.08 Å². The highest BCUT2D eigenvalue weighted by Gasteiger charge is 1.97. The molecule has 0 radical (unpaired) electrons. The van der Waals surface area contributed by atoms with Gasteiger partial charge in [0.25, 0.3) is 0 Å². The average Bonchev–Trinajstić information content (AvgIpc) is 2.37. The molecule has 0 aliphatic rings. The standard InChI is InChI=1S/C13H16ClNO3/c14-12-4-2-1-3-11(12)5-6-13(17)15-7-9-18-10-8-16/h1-6,16H,7-10H2,(H,15,17)/b6-5+. The molecule has 98 valence electrons. The summed E-state index contributed by atoms with van der Waals surface area (Å²) in [7, 11) is 0. The molecule has 18 heavy (non-hydrogen) atoms. The number of hydrogen-bond acceptors (Lipinski definition) is 3. The molecule has 0 unspecified atom stereocenters. The third-order valence-corrected chi connectivity index (χ3v) is 2.44. The molecule has 1 rings (SSSR count). The maximum Gasteiger partial charge on any atom is 0.244 e. The van der Waals surface area contributed by atoms with Gasteiger partial charge in [-0.2, -0.15) is 0 Å². The highest BCUT2D eigenvalue weighted by molar-refractivity contribution is 6.32. The molecular formula is C13H16ClNO3. The molecule has 5 heteroatoms. The van der Waals surface area contributed by atoms with Crippen molar-refractivity contribution in [2.45, 2.75) is 0 Å². The quantitative estimate of drug-likeness (QED) is 0.582. The van der Waals surface area contributed by atoms with Crippen LogP contribution in [-0.2, 0) is 9.53 Å². The summed E-state index contributed by atoms with van der Waals surface area (Å²) in [6.07, 6.45) is 3.08. The molecule has 0 fully saturated rings. The van der Waals surface area contributed by atoms with Gasteiger partial charge in [0.1, 0.15) is 0 Å². The van der Waals surface area contributed by atoms with E-state index in [9.17, 15) is 4.79 Å². The second-order valence-electron chi connectivity index (χ2n) is 3.48. The van der Waals surface area contributed by atoms with Crippen LogP contribution in [0.2, 0.25) is 5.02 Å². The maximum absolute atomic E-state index is 11.4. The van der Waals surface area contributed by atoms with Crippen LogP contribution in [0, 0.1) is 0 Å². The second kappa shape index (κ2) is 8.69. The summed E-state index contributed by atoms with van der Waals surface area (Å²) < 4.78 is 5.01. The first-order chi connectivity index (χ1) is 8.74. The Morgan fingerprint density at radius 1 is 1.39 bits per heavy atom. The lowest BCUT2D eigenvalue weighted by Crippen LogP contribution is -2.25. The number of halogens is 1. The summed E-state index contributed by atoms with van der Waals surface area (Å²) >= 11 is 5.94. The fourth-order valence-corrected chi connectivity index (χ4v) is 1.45. The smallest absolute Gasteiger partial charge is 0.244 e. The number of nitrogens with one attached hydrogen (secondary N) is 1. The van der Waals surface area contributed by atoms with Gasteiger partial charge in [0.15, 0.2) is 0 Å². The number of hydrogen-bond donors (Lipinski definition) is 2. The first-order valence-electron chi connectivity index (χ1n) is 5.63. The summed E-state index contributed by atoms with van der Waals surface area (Å²) in [5.41, 5.74) is 0.797. The van der Waals surface area contributed by atoms with Crippen molar-refractivity contribution < 1.29 is 14.6 Å². The number of carbonyl (C=O) groups is 1. The predicted molar refractivity (Wildman–Crippen MR) is 71.4 cm³/mol. The molecule has 0 saturated heterocycles. The van der Waals surface area contributed by atoms with Gasteiger partial charge in [-0.25, -0.2) is 0 Å². The van der Waals surface area contributed by atoms with Crippen molar-refractivity contribution in [3.8, 4) is 0 Å². The van der Waals surface area contributed by atoms with Gasteiger partial charge in [-0.05, 0) is 17.7 Å². The number of rotatable bonds is 7. The van der Waals surface area contributed by atoms with Crippen molar-refractivity contribution in [2.24, 2.45) is 0 Å². The highest BCUT2D eigenvalue weighted by atomic mass is 35.5. The van der Waals surface area contributed by atoms with Crippen LogP contribution in [0.15, 0.2) is 30.3 Å². The van der Waals surface area contributed by atoms with Crippen molar-refractivity contribution in [3.63, 3.8) is 0 Å². The molecule has 0 aliphatic heterocycles. The van der Waals surface area contributed by atoms with Gasteiger partial charge >= 0.3 is 0 Å². The molecule has 2 N–H and O–H groups in total. The average molecular weight is 270 g/mol. The van der Waals surface area contributed by atoms with Gasteiger partial charge in [0, 0.05) is 17.6 Å². The number of aliphatic hydroxyl groups is 1. The van der Waals surface area contributed by atoms with Crippen molar-refractivity contribution in [2.75, 3.05) is 26.4 Å². The monoisotopic (exact) mass is 269 g/mol. The van der Waals surface area contributed by atoms with Gasteiger partial charge in [0.2, 0.25) is 5.91 Å². The summed E-state index contributed by atoms with van der Waals surface area (Å²) in [5, 5.41) is 11.7. The lowest BCUT2D eigenvalue weighted by Gasteiger charge is -2.03. The number of ether oxygens (including phenoxy) is 1. The van der Waals surface area contributed by atoms with Gasteiger partial charge in [-0.15, -0.1) is 0 Å². The van der Waals surface area contributed by atoms with E-state index in [1.54, 1.807) is 12.1 Å². The Morgan fingerprint density at radius 3 is 2.89 bits per heavy atom. The Bertz CT molecular complexity index is 407. The third-order valence-electron chi connectivity index (χ3n) is 2.10. The molecule has 0 saturated carbocycles. The minimum absolute atomic E-state index is 0.0135. The molecule has 0 aliphatic carbocycles. The van der Waals surface area contributed by atoms with Crippen LogP contribution >= 0.6 is 11.6 Å². The zero-order valence-corrected chi connectivity index (χ0v) is 10.7. The Kier molecular flexibility index (Phi) is 7.10. The summed E-state index contributed by atoms with van der Waals surface area (Å²) in [5.74, 6) is -0.206. The Hall–Kier alpha value is -1.36. The van der Waals surface area contributed by atoms with E-state index < -0.39 is 0 Å². The van der Waals surface area contributed by atoms with E-state index in [4.69, 9.17) is 21.4 Å². The fraction of sp³-hybridized carbons (Fsp3) is 0.308. The maximum atomic E-state index is 11.4. The third kappa shape index (κ3) is 5.82. The Balaban J connectivity index is 2.30. The SMILES string of the molecule is O=C(/C=C/c1ccccc1Cl)NCCOCCO. The van der Waals surface area contributed by atoms with Gasteiger partial charge in [0.05, 0.1) is 19.8 Å². The van der Waals surface area contributed by atoms with E-state index >= 15 is 0 Å². The minimum atomic E-state index is -0.206. The Morgan fingerprint density at radius 2 is 2.17 bits per heavy atom. The van der Waals surface area contributed by atoms with Crippen molar-refractivity contribution in [1.29, 1.82) is 0 Å². The topological polar surface area (TPSA) is 58.6 Å². The largest absolute Gasteiger partial charge is 0.394 e. The Labute approximate surface area is 111 Å². The number of benzene rings is 1. The van der Waals surface area contributed by atoms with Crippen molar-refractivity contribution in [1.82, 2.24) is 5.32 Å².